The van der Waals surface area contributed by atoms with Gasteiger partial charge in [0.05, 0.1) is 6.42 Å². The number of ether oxygens (including phenoxy) is 1. The Labute approximate surface area is 149 Å². The van der Waals surface area contributed by atoms with Gasteiger partial charge in [0.2, 0.25) is 0 Å². The van der Waals surface area contributed by atoms with Gasteiger partial charge in [-0.1, -0.05) is 29.8 Å². The van der Waals surface area contributed by atoms with E-state index in [0.717, 1.165) is 0 Å². The molecule has 0 aliphatic rings. The van der Waals surface area contributed by atoms with Crippen LogP contribution in [0.15, 0.2) is 42.5 Å². The van der Waals surface area contributed by atoms with E-state index in [-0.39, 0.29) is 23.6 Å². The number of rotatable bonds is 6. The molecule has 0 aromatic heterocycles. The van der Waals surface area contributed by atoms with Gasteiger partial charge in [-0.25, -0.2) is 8.78 Å². The molecule has 0 fully saturated rings. The first-order valence-corrected chi connectivity index (χ1v) is 7.81. The Morgan fingerprint density at radius 2 is 1.80 bits per heavy atom. The number of halogens is 3. The van der Waals surface area contributed by atoms with Gasteiger partial charge in [0.1, 0.15) is 11.6 Å². The molecule has 25 heavy (non-hydrogen) atoms. The highest BCUT2D eigenvalue weighted by Crippen LogP contribution is 2.20. The molecule has 2 rings (SSSR count). The molecule has 0 N–H and O–H groups in total. The molecule has 2 aromatic rings. The summed E-state index contributed by atoms with van der Waals surface area (Å²) in [6.07, 6.45) is -0.0730. The summed E-state index contributed by atoms with van der Waals surface area (Å²) in [5.41, 5.74) is 0.767. The van der Waals surface area contributed by atoms with Gasteiger partial charge in [0.15, 0.2) is 6.61 Å². The monoisotopic (exact) mass is 367 g/mol. The van der Waals surface area contributed by atoms with Crippen LogP contribution in [0.2, 0.25) is 5.02 Å². The summed E-state index contributed by atoms with van der Waals surface area (Å²) in [6.45, 7) is -0.511. The van der Waals surface area contributed by atoms with Crippen LogP contribution >= 0.6 is 11.6 Å². The molecule has 0 bridgehead atoms. The van der Waals surface area contributed by atoms with Crippen LogP contribution < -0.4 is 0 Å². The van der Waals surface area contributed by atoms with Gasteiger partial charge < -0.3 is 9.64 Å². The zero-order valence-corrected chi connectivity index (χ0v) is 14.2. The van der Waals surface area contributed by atoms with Crippen molar-refractivity contribution < 1.29 is 23.1 Å². The topological polar surface area (TPSA) is 46.6 Å². The van der Waals surface area contributed by atoms with E-state index in [1.165, 1.54) is 54.4 Å². The largest absolute Gasteiger partial charge is 0.455 e. The highest BCUT2D eigenvalue weighted by molar-refractivity contribution is 6.31. The Morgan fingerprint density at radius 3 is 2.44 bits per heavy atom. The van der Waals surface area contributed by atoms with E-state index in [2.05, 4.69) is 0 Å². The van der Waals surface area contributed by atoms with Gasteiger partial charge in [0, 0.05) is 24.2 Å². The predicted molar refractivity (Wildman–Crippen MR) is 88.9 cm³/mol. The maximum Gasteiger partial charge on any atom is 0.310 e. The van der Waals surface area contributed by atoms with Crippen molar-refractivity contribution in [2.75, 3.05) is 13.7 Å². The number of hydrogen-bond donors (Lipinski definition) is 0. The lowest BCUT2D eigenvalue weighted by Crippen LogP contribution is -2.31. The second-order valence-corrected chi connectivity index (χ2v) is 5.82. The van der Waals surface area contributed by atoms with Crippen LogP contribution in [0.4, 0.5) is 8.78 Å². The van der Waals surface area contributed by atoms with E-state index in [1.807, 2.05) is 0 Å². The SMILES string of the molecule is CN(Cc1c(F)cccc1Cl)C(=O)COC(=O)Cc1ccc(F)cc1. The van der Waals surface area contributed by atoms with Crippen LogP contribution in [0.25, 0.3) is 0 Å². The molecule has 1 amide bonds. The number of amides is 1. The lowest BCUT2D eigenvalue weighted by molar-refractivity contribution is -0.151. The summed E-state index contributed by atoms with van der Waals surface area (Å²) in [6, 6.07) is 9.65. The summed E-state index contributed by atoms with van der Waals surface area (Å²) in [5, 5.41) is 0.216. The van der Waals surface area contributed by atoms with Crippen LogP contribution in [-0.4, -0.2) is 30.4 Å². The van der Waals surface area contributed by atoms with Crippen molar-refractivity contribution in [3.05, 3.63) is 70.2 Å². The predicted octanol–water partition coefficient (Wildman–Crippen LogP) is 3.36. The van der Waals surface area contributed by atoms with E-state index in [4.69, 9.17) is 16.3 Å². The van der Waals surface area contributed by atoms with Crippen LogP contribution in [0, 0.1) is 11.6 Å². The zero-order valence-electron chi connectivity index (χ0n) is 13.5. The Hall–Kier alpha value is -2.47. The van der Waals surface area contributed by atoms with Crippen LogP contribution in [0.5, 0.6) is 0 Å². The third-order valence-electron chi connectivity index (χ3n) is 3.50. The molecular formula is C18H16ClF2NO3. The van der Waals surface area contributed by atoms with E-state index in [9.17, 15) is 18.4 Å². The maximum absolute atomic E-state index is 13.7. The molecule has 4 nitrogen and oxygen atoms in total. The molecule has 0 radical (unpaired) electrons. The fourth-order valence-electron chi connectivity index (χ4n) is 2.08. The van der Waals surface area contributed by atoms with Crippen LogP contribution in [0.3, 0.4) is 0 Å². The van der Waals surface area contributed by atoms with Gasteiger partial charge in [0.25, 0.3) is 5.91 Å². The summed E-state index contributed by atoms with van der Waals surface area (Å²) in [5.74, 6) is -2.02. The number of benzene rings is 2. The summed E-state index contributed by atoms with van der Waals surface area (Å²) < 4.78 is 31.4. The normalized spacial score (nSPS) is 10.4. The first kappa shape index (κ1) is 18.9. The molecule has 0 heterocycles. The molecule has 0 atom stereocenters. The maximum atomic E-state index is 13.7. The van der Waals surface area contributed by atoms with E-state index < -0.39 is 30.1 Å². The lowest BCUT2D eigenvalue weighted by atomic mass is 10.1. The van der Waals surface area contributed by atoms with Gasteiger partial charge in [-0.3, -0.25) is 9.59 Å². The summed E-state index contributed by atoms with van der Waals surface area (Å²) in [4.78, 5) is 24.9. The number of hydrogen-bond acceptors (Lipinski definition) is 3. The summed E-state index contributed by atoms with van der Waals surface area (Å²) >= 11 is 5.92. The number of carbonyl (C=O) groups is 2. The minimum atomic E-state index is -0.614. The zero-order chi connectivity index (χ0) is 18.4. The smallest absolute Gasteiger partial charge is 0.310 e. The minimum absolute atomic E-state index is 0.0418. The molecule has 0 aliphatic heterocycles. The second kappa shape index (κ2) is 8.58. The fourth-order valence-corrected chi connectivity index (χ4v) is 2.30. The Balaban J connectivity index is 1.84. The average Bonchev–Trinajstić information content (AvgIpc) is 2.58. The highest BCUT2D eigenvalue weighted by atomic mass is 35.5. The van der Waals surface area contributed by atoms with Gasteiger partial charge in [-0.05, 0) is 29.8 Å². The average molecular weight is 368 g/mol. The number of carbonyl (C=O) groups excluding carboxylic acids is 2. The second-order valence-electron chi connectivity index (χ2n) is 5.41. The third-order valence-corrected chi connectivity index (χ3v) is 3.86. The molecule has 132 valence electrons. The summed E-state index contributed by atoms with van der Waals surface area (Å²) in [7, 11) is 1.46. The lowest BCUT2D eigenvalue weighted by Gasteiger charge is -2.18. The fraction of sp³-hybridized carbons (Fsp3) is 0.222. The van der Waals surface area contributed by atoms with Crippen molar-refractivity contribution in [1.82, 2.24) is 4.90 Å². The number of likely N-dealkylation sites (N-methyl/N-ethyl adjacent to an activating group) is 1. The van der Waals surface area contributed by atoms with Crippen molar-refractivity contribution in [3.63, 3.8) is 0 Å². The first-order valence-electron chi connectivity index (χ1n) is 7.43. The van der Waals surface area contributed by atoms with Crippen molar-refractivity contribution in [3.8, 4) is 0 Å². The van der Waals surface area contributed by atoms with Crippen LogP contribution in [-0.2, 0) is 27.3 Å². The molecule has 7 heteroatoms. The van der Waals surface area contributed by atoms with Crippen molar-refractivity contribution in [1.29, 1.82) is 0 Å². The van der Waals surface area contributed by atoms with E-state index >= 15 is 0 Å². The molecule has 0 saturated heterocycles. The Bertz CT molecular complexity index is 745. The Morgan fingerprint density at radius 1 is 1.12 bits per heavy atom. The van der Waals surface area contributed by atoms with Gasteiger partial charge in [-0.15, -0.1) is 0 Å². The van der Waals surface area contributed by atoms with Gasteiger partial charge >= 0.3 is 5.97 Å². The number of nitrogens with zero attached hydrogens (tertiary/aromatic N) is 1. The molecule has 0 unspecified atom stereocenters. The van der Waals surface area contributed by atoms with Crippen LogP contribution in [0.1, 0.15) is 11.1 Å². The highest BCUT2D eigenvalue weighted by Gasteiger charge is 2.16. The molecule has 0 saturated carbocycles. The first-order chi connectivity index (χ1) is 11.9. The molecule has 2 aromatic carbocycles. The van der Waals surface area contributed by atoms with Gasteiger partial charge in [-0.2, -0.15) is 0 Å². The van der Waals surface area contributed by atoms with Crippen molar-refractivity contribution >= 4 is 23.5 Å². The molecular weight excluding hydrogens is 352 g/mol. The standard InChI is InChI=1S/C18H16ClF2NO3/c1-22(10-14-15(19)3-2-4-16(14)21)17(23)11-25-18(24)9-12-5-7-13(20)8-6-12/h2-8H,9-11H2,1H3. The molecule has 0 aliphatic carbocycles. The van der Waals surface area contributed by atoms with Crippen molar-refractivity contribution in [2.45, 2.75) is 13.0 Å². The Kier molecular flexibility index (Phi) is 6.47. The quantitative estimate of drug-likeness (QED) is 0.735. The third kappa shape index (κ3) is 5.53. The van der Waals surface area contributed by atoms with E-state index in [0.29, 0.717) is 5.56 Å². The molecule has 0 spiro atoms. The van der Waals surface area contributed by atoms with E-state index in [1.54, 1.807) is 0 Å². The number of esters is 1. The van der Waals surface area contributed by atoms with Crippen molar-refractivity contribution in [2.24, 2.45) is 0 Å². The minimum Gasteiger partial charge on any atom is -0.455 e.